The molecule has 1 heterocycles. The fourth-order valence-corrected chi connectivity index (χ4v) is 2.10. The van der Waals surface area contributed by atoms with Crippen molar-refractivity contribution in [3.05, 3.63) is 0 Å². The summed E-state index contributed by atoms with van der Waals surface area (Å²) in [7, 11) is 1.84. The molecule has 1 fully saturated rings. The van der Waals surface area contributed by atoms with E-state index in [4.69, 9.17) is 0 Å². The minimum Gasteiger partial charge on any atom is -0.356 e. The Morgan fingerprint density at radius 3 is 2.63 bits per heavy atom. The van der Waals surface area contributed by atoms with Gasteiger partial charge in [-0.25, -0.2) is 0 Å². The van der Waals surface area contributed by atoms with Gasteiger partial charge in [-0.05, 0) is 18.9 Å². The Bertz CT molecular complexity index is 292. The zero-order valence-electron chi connectivity index (χ0n) is 12.1. The fraction of sp³-hybridized carbons (Fsp3) is 0.846. The first kappa shape index (κ1) is 18.2. The van der Waals surface area contributed by atoms with E-state index in [9.17, 15) is 9.59 Å². The molecule has 1 atom stereocenters. The number of carbonyl (C=O) groups is 2. The molecule has 0 radical (unpaired) electrons. The van der Waals surface area contributed by atoms with Crippen LogP contribution in [-0.4, -0.2) is 49.4 Å². The minimum atomic E-state index is 0. The van der Waals surface area contributed by atoms with Crippen LogP contribution in [0.2, 0.25) is 0 Å². The van der Waals surface area contributed by atoms with Crippen molar-refractivity contribution in [3.8, 4) is 0 Å². The molecule has 1 saturated heterocycles. The number of nitrogens with zero attached hydrogens (tertiary/aromatic N) is 1. The number of hydrogen-bond acceptors (Lipinski definition) is 3. The van der Waals surface area contributed by atoms with Gasteiger partial charge in [0.05, 0.1) is 0 Å². The van der Waals surface area contributed by atoms with Gasteiger partial charge in [-0.15, -0.1) is 12.4 Å². The largest absolute Gasteiger partial charge is 0.356 e. The Hall–Kier alpha value is -0.810. The molecule has 0 saturated carbocycles. The summed E-state index contributed by atoms with van der Waals surface area (Å²) in [6.45, 7) is 6.31. The van der Waals surface area contributed by atoms with Crippen LogP contribution < -0.4 is 10.6 Å². The number of hydrogen-bond donors (Lipinski definition) is 2. The minimum absolute atomic E-state index is 0. The monoisotopic (exact) mass is 291 g/mol. The summed E-state index contributed by atoms with van der Waals surface area (Å²) in [5.41, 5.74) is 0. The van der Waals surface area contributed by atoms with E-state index in [1.54, 1.807) is 4.90 Å². The van der Waals surface area contributed by atoms with Crippen LogP contribution in [0.15, 0.2) is 0 Å². The maximum atomic E-state index is 11.9. The van der Waals surface area contributed by atoms with Gasteiger partial charge in [0.25, 0.3) is 0 Å². The predicted molar refractivity (Wildman–Crippen MR) is 78.4 cm³/mol. The lowest BCUT2D eigenvalue weighted by atomic mass is 10.1. The maximum Gasteiger partial charge on any atom is 0.224 e. The van der Waals surface area contributed by atoms with Gasteiger partial charge in [0.15, 0.2) is 0 Å². The highest BCUT2D eigenvalue weighted by atomic mass is 35.5. The van der Waals surface area contributed by atoms with Crippen molar-refractivity contribution in [3.63, 3.8) is 0 Å². The summed E-state index contributed by atoms with van der Waals surface area (Å²) < 4.78 is 0. The standard InChI is InChI=1S/C13H25N3O2.ClH/c1-10(2)8-12(17)15-7-5-13(18)16(3)11-4-6-14-9-11;/h10-11,14H,4-9H2,1-3H3,(H,15,17);1H. The van der Waals surface area contributed by atoms with Crippen molar-refractivity contribution in [1.29, 1.82) is 0 Å². The molecule has 0 aliphatic carbocycles. The van der Waals surface area contributed by atoms with E-state index in [0.29, 0.717) is 31.3 Å². The lowest BCUT2D eigenvalue weighted by Crippen LogP contribution is -2.40. The number of likely N-dealkylation sites (N-methyl/N-ethyl adjacent to an activating group) is 1. The Balaban J connectivity index is 0.00000324. The first-order chi connectivity index (χ1) is 8.50. The molecule has 1 aliphatic rings. The molecule has 1 aliphatic heterocycles. The van der Waals surface area contributed by atoms with Crippen LogP contribution in [0.25, 0.3) is 0 Å². The predicted octanol–water partition coefficient (Wildman–Crippen LogP) is 0.781. The molecule has 5 nitrogen and oxygen atoms in total. The molecule has 1 rings (SSSR count). The second-order valence-electron chi connectivity index (χ2n) is 5.35. The van der Waals surface area contributed by atoms with E-state index < -0.39 is 0 Å². The molecule has 1 unspecified atom stereocenters. The highest BCUT2D eigenvalue weighted by molar-refractivity contribution is 5.85. The van der Waals surface area contributed by atoms with E-state index >= 15 is 0 Å². The highest BCUT2D eigenvalue weighted by Crippen LogP contribution is 2.07. The summed E-state index contributed by atoms with van der Waals surface area (Å²) in [5.74, 6) is 0.490. The lowest BCUT2D eigenvalue weighted by molar-refractivity contribution is -0.131. The fourth-order valence-electron chi connectivity index (χ4n) is 2.10. The van der Waals surface area contributed by atoms with E-state index in [0.717, 1.165) is 19.5 Å². The molecule has 0 aromatic heterocycles. The molecule has 6 heteroatoms. The van der Waals surface area contributed by atoms with Crippen LogP contribution in [0.3, 0.4) is 0 Å². The average Bonchev–Trinajstić information content (AvgIpc) is 2.80. The number of carbonyl (C=O) groups excluding carboxylic acids is 2. The first-order valence-corrected chi connectivity index (χ1v) is 6.73. The Morgan fingerprint density at radius 1 is 1.42 bits per heavy atom. The summed E-state index contributed by atoms with van der Waals surface area (Å²) in [5, 5.41) is 6.03. The SMILES string of the molecule is CC(C)CC(=O)NCCC(=O)N(C)C1CCNC1.Cl. The smallest absolute Gasteiger partial charge is 0.224 e. The summed E-state index contributed by atoms with van der Waals surface area (Å²) in [6, 6.07) is 0.309. The third kappa shape index (κ3) is 6.78. The van der Waals surface area contributed by atoms with Gasteiger partial charge >= 0.3 is 0 Å². The quantitative estimate of drug-likeness (QED) is 0.760. The molecule has 0 bridgehead atoms. The van der Waals surface area contributed by atoms with Gasteiger partial charge in [0.1, 0.15) is 0 Å². The first-order valence-electron chi connectivity index (χ1n) is 6.73. The van der Waals surface area contributed by atoms with Crippen LogP contribution in [-0.2, 0) is 9.59 Å². The molecule has 2 amide bonds. The van der Waals surface area contributed by atoms with Crippen LogP contribution in [0.4, 0.5) is 0 Å². The van der Waals surface area contributed by atoms with Gasteiger partial charge < -0.3 is 15.5 Å². The van der Waals surface area contributed by atoms with Crippen molar-refractivity contribution in [1.82, 2.24) is 15.5 Å². The molecule has 0 spiro atoms. The van der Waals surface area contributed by atoms with Gasteiger partial charge in [-0.1, -0.05) is 13.8 Å². The van der Waals surface area contributed by atoms with E-state index in [1.807, 2.05) is 20.9 Å². The zero-order valence-corrected chi connectivity index (χ0v) is 12.9. The number of halogens is 1. The van der Waals surface area contributed by atoms with Crippen LogP contribution in [0, 0.1) is 5.92 Å². The van der Waals surface area contributed by atoms with E-state index in [-0.39, 0.29) is 24.2 Å². The molecule has 112 valence electrons. The number of nitrogens with one attached hydrogen (secondary N) is 2. The number of amides is 2. The topological polar surface area (TPSA) is 61.4 Å². The normalized spacial score (nSPS) is 18.0. The molecule has 2 N–H and O–H groups in total. The number of rotatable bonds is 6. The maximum absolute atomic E-state index is 11.9. The summed E-state index contributed by atoms with van der Waals surface area (Å²) in [4.78, 5) is 25.1. The van der Waals surface area contributed by atoms with Crippen molar-refractivity contribution in [2.45, 2.75) is 39.2 Å². The Labute approximate surface area is 121 Å². The van der Waals surface area contributed by atoms with Crippen molar-refractivity contribution < 1.29 is 9.59 Å². The molecular formula is C13H26ClN3O2. The van der Waals surface area contributed by atoms with Crippen LogP contribution in [0.5, 0.6) is 0 Å². The third-order valence-electron chi connectivity index (χ3n) is 3.23. The molecular weight excluding hydrogens is 266 g/mol. The molecule has 0 aromatic carbocycles. The zero-order chi connectivity index (χ0) is 13.5. The van der Waals surface area contributed by atoms with E-state index in [2.05, 4.69) is 10.6 Å². The summed E-state index contributed by atoms with van der Waals surface area (Å²) in [6.07, 6.45) is 1.93. The van der Waals surface area contributed by atoms with Gasteiger partial charge in [-0.2, -0.15) is 0 Å². The van der Waals surface area contributed by atoms with Crippen LogP contribution in [0.1, 0.15) is 33.1 Å². The van der Waals surface area contributed by atoms with Crippen molar-refractivity contribution in [2.24, 2.45) is 5.92 Å². The van der Waals surface area contributed by atoms with Gasteiger partial charge in [0, 0.05) is 39.0 Å². The second-order valence-corrected chi connectivity index (χ2v) is 5.35. The Morgan fingerprint density at radius 2 is 2.11 bits per heavy atom. The molecule has 19 heavy (non-hydrogen) atoms. The Kier molecular flexibility index (Phi) is 8.76. The van der Waals surface area contributed by atoms with Crippen molar-refractivity contribution >= 4 is 24.2 Å². The van der Waals surface area contributed by atoms with Gasteiger partial charge in [0.2, 0.25) is 11.8 Å². The van der Waals surface area contributed by atoms with Gasteiger partial charge in [-0.3, -0.25) is 9.59 Å². The van der Waals surface area contributed by atoms with Crippen molar-refractivity contribution in [2.75, 3.05) is 26.7 Å². The third-order valence-corrected chi connectivity index (χ3v) is 3.23. The van der Waals surface area contributed by atoms with Crippen LogP contribution >= 0.6 is 12.4 Å². The highest BCUT2D eigenvalue weighted by Gasteiger charge is 2.22. The van der Waals surface area contributed by atoms with E-state index in [1.165, 1.54) is 0 Å². The second kappa shape index (κ2) is 9.15. The molecule has 0 aromatic rings. The lowest BCUT2D eigenvalue weighted by Gasteiger charge is -2.23. The average molecular weight is 292 g/mol. The summed E-state index contributed by atoms with van der Waals surface area (Å²) >= 11 is 0.